The van der Waals surface area contributed by atoms with Crippen molar-refractivity contribution in [2.45, 2.75) is 40.8 Å². The van der Waals surface area contributed by atoms with Crippen LogP contribution < -0.4 is 10.5 Å². The van der Waals surface area contributed by atoms with E-state index in [-0.39, 0.29) is 17.0 Å². The number of nitriles is 1. The van der Waals surface area contributed by atoms with Crippen LogP contribution in [0.25, 0.3) is 6.08 Å². The molecule has 0 saturated carbocycles. The zero-order valence-electron chi connectivity index (χ0n) is 21.9. The lowest BCUT2D eigenvalue weighted by atomic mass is 10.0. The fraction of sp³-hybridized carbons (Fsp3) is 0.429. The molecule has 1 aromatic carbocycles. The summed E-state index contributed by atoms with van der Waals surface area (Å²) in [5, 5.41) is 9.81. The number of benzene rings is 1. The molecule has 37 heavy (non-hydrogen) atoms. The number of anilines is 1. The van der Waals surface area contributed by atoms with Crippen LogP contribution in [0.2, 0.25) is 0 Å². The van der Waals surface area contributed by atoms with E-state index in [0.29, 0.717) is 33.8 Å². The topological polar surface area (TPSA) is 72.6 Å². The number of aromatic nitrogens is 1. The summed E-state index contributed by atoms with van der Waals surface area (Å²) in [4.78, 5) is 33.3. The van der Waals surface area contributed by atoms with Crippen LogP contribution in [0.5, 0.6) is 0 Å². The molecule has 194 valence electrons. The van der Waals surface area contributed by atoms with Crippen molar-refractivity contribution in [3.63, 3.8) is 0 Å². The van der Waals surface area contributed by atoms with Gasteiger partial charge in [0.05, 0.1) is 4.91 Å². The highest BCUT2D eigenvalue weighted by Crippen LogP contribution is 2.36. The largest absolute Gasteiger partial charge is 0.355 e. The van der Waals surface area contributed by atoms with Gasteiger partial charge in [0.1, 0.15) is 21.8 Å². The number of rotatable bonds is 7. The number of thiocarbonyl (C=S) groups is 1. The van der Waals surface area contributed by atoms with E-state index in [1.165, 1.54) is 17.3 Å². The van der Waals surface area contributed by atoms with Gasteiger partial charge in [0.25, 0.3) is 11.5 Å². The molecule has 0 atom stereocenters. The monoisotopic (exact) mass is 535 g/mol. The molecule has 4 rings (SSSR count). The number of hydrogen-bond acceptors (Lipinski definition) is 7. The van der Waals surface area contributed by atoms with Crippen molar-refractivity contribution in [1.29, 1.82) is 5.26 Å². The van der Waals surface area contributed by atoms with Crippen molar-refractivity contribution < 1.29 is 4.79 Å². The average molecular weight is 536 g/mol. The van der Waals surface area contributed by atoms with Gasteiger partial charge in [-0.3, -0.25) is 24.0 Å². The van der Waals surface area contributed by atoms with E-state index in [2.05, 4.69) is 54.0 Å². The number of carbonyl (C=O) groups is 1. The van der Waals surface area contributed by atoms with E-state index in [1.54, 1.807) is 16.4 Å². The van der Waals surface area contributed by atoms with Gasteiger partial charge in [-0.2, -0.15) is 5.26 Å². The Kier molecular flexibility index (Phi) is 8.53. The predicted octanol–water partition coefficient (Wildman–Crippen LogP) is 4.23. The van der Waals surface area contributed by atoms with Crippen molar-refractivity contribution in [2.24, 2.45) is 5.92 Å². The molecule has 2 aromatic rings. The lowest BCUT2D eigenvalue weighted by Gasteiger charge is -2.38. The smallest absolute Gasteiger partial charge is 0.270 e. The summed E-state index contributed by atoms with van der Waals surface area (Å²) in [5.41, 5.74) is 2.47. The molecular formula is C28H33N5O2S2. The highest BCUT2D eigenvalue weighted by atomic mass is 32.2. The second-order valence-electron chi connectivity index (χ2n) is 9.83. The van der Waals surface area contributed by atoms with Crippen LogP contribution >= 0.6 is 24.0 Å². The molecule has 2 fully saturated rings. The molecule has 0 radical (unpaired) electrons. The number of hydrogen-bond donors (Lipinski definition) is 0. The van der Waals surface area contributed by atoms with E-state index in [4.69, 9.17) is 12.2 Å². The van der Waals surface area contributed by atoms with Crippen molar-refractivity contribution in [3.05, 3.63) is 67.8 Å². The maximum Gasteiger partial charge on any atom is 0.270 e. The Morgan fingerprint density at radius 3 is 2.41 bits per heavy atom. The van der Waals surface area contributed by atoms with Crippen LogP contribution in [0.4, 0.5) is 5.82 Å². The van der Waals surface area contributed by atoms with Crippen LogP contribution in [0.3, 0.4) is 0 Å². The summed E-state index contributed by atoms with van der Waals surface area (Å²) in [6.07, 6.45) is 1.84. The lowest BCUT2D eigenvalue weighted by molar-refractivity contribution is -0.122. The minimum absolute atomic E-state index is 0.116. The molecular weight excluding hydrogens is 502 g/mol. The number of carbonyl (C=O) groups excluding carboxylic acids is 1. The average Bonchev–Trinajstić information content (AvgIpc) is 3.14. The van der Waals surface area contributed by atoms with Crippen molar-refractivity contribution >= 4 is 46.1 Å². The second kappa shape index (κ2) is 11.6. The molecule has 2 aliphatic rings. The molecule has 1 amide bonds. The first kappa shape index (κ1) is 27.1. The number of amides is 1. The van der Waals surface area contributed by atoms with Gasteiger partial charge in [0, 0.05) is 51.4 Å². The zero-order valence-corrected chi connectivity index (χ0v) is 23.5. The third kappa shape index (κ3) is 5.66. The maximum atomic E-state index is 13.3. The van der Waals surface area contributed by atoms with Crippen molar-refractivity contribution in [3.8, 4) is 6.07 Å². The van der Waals surface area contributed by atoms with E-state index in [1.807, 2.05) is 19.1 Å². The fourth-order valence-electron chi connectivity index (χ4n) is 4.89. The number of pyridine rings is 1. The molecule has 2 saturated heterocycles. The minimum atomic E-state index is -0.284. The van der Waals surface area contributed by atoms with E-state index < -0.39 is 0 Å². The Morgan fingerprint density at radius 2 is 1.81 bits per heavy atom. The van der Waals surface area contributed by atoms with Gasteiger partial charge in [-0.05, 0) is 37.0 Å². The predicted molar refractivity (Wildman–Crippen MR) is 154 cm³/mol. The van der Waals surface area contributed by atoms with Crippen LogP contribution in [-0.4, -0.2) is 57.3 Å². The highest BCUT2D eigenvalue weighted by Gasteiger charge is 2.34. The number of piperazine rings is 1. The molecule has 0 bridgehead atoms. The summed E-state index contributed by atoms with van der Waals surface area (Å²) in [7, 11) is 0. The normalized spacial score (nSPS) is 17.8. The molecule has 0 spiro atoms. The molecule has 2 aliphatic heterocycles. The SMILES string of the molecule is CCn1c(N2CCN(Cc3ccccc3)CC2)c(C=C2SC(=S)N(CC(C)C)C2=O)c(C)c(C#N)c1=O. The van der Waals surface area contributed by atoms with Gasteiger partial charge < -0.3 is 4.90 Å². The first-order valence-electron chi connectivity index (χ1n) is 12.7. The Labute approximate surface area is 228 Å². The molecule has 0 unspecified atom stereocenters. The maximum absolute atomic E-state index is 13.3. The second-order valence-corrected chi connectivity index (χ2v) is 11.5. The zero-order chi connectivity index (χ0) is 26.7. The fourth-order valence-corrected chi connectivity index (χ4v) is 6.15. The van der Waals surface area contributed by atoms with E-state index >= 15 is 0 Å². The van der Waals surface area contributed by atoms with Crippen molar-refractivity contribution in [1.82, 2.24) is 14.4 Å². The minimum Gasteiger partial charge on any atom is -0.355 e. The molecule has 1 aromatic heterocycles. The summed E-state index contributed by atoms with van der Waals surface area (Å²) >= 11 is 6.80. The summed E-state index contributed by atoms with van der Waals surface area (Å²) < 4.78 is 2.22. The van der Waals surface area contributed by atoms with Gasteiger partial charge in [0.2, 0.25) is 0 Å². The lowest BCUT2D eigenvalue weighted by Crippen LogP contribution is -2.48. The van der Waals surface area contributed by atoms with Gasteiger partial charge in [-0.15, -0.1) is 0 Å². The summed E-state index contributed by atoms with van der Waals surface area (Å²) in [5.74, 6) is 0.950. The summed E-state index contributed by atoms with van der Waals surface area (Å²) in [6.45, 7) is 12.9. The third-order valence-electron chi connectivity index (χ3n) is 6.78. The highest BCUT2D eigenvalue weighted by molar-refractivity contribution is 8.26. The molecule has 3 heterocycles. The Morgan fingerprint density at radius 1 is 1.14 bits per heavy atom. The number of nitrogens with zero attached hydrogens (tertiary/aromatic N) is 5. The van der Waals surface area contributed by atoms with Crippen LogP contribution in [0, 0.1) is 24.2 Å². The van der Waals surface area contributed by atoms with Crippen LogP contribution in [0.15, 0.2) is 40.0 Å². The van der Waals surface area contributed by atoms with E-state index in [9.17, 15) is 14.9 Å². The van der Waals surface area contributed by atoms with Crippen LogP contribution in [-0.2, 0) is 17.9 Å². The van der Waals surface area contributed by atoms with Gasteiger partial charge in [0.15, 0.2) is 0 Å². The van der Waals surface area contributed by atoms with Gasteiger partial charge >= 0.3 is 0 Å². The molecule has 0 N–H and O–H groups in total. The number of thioether (sulfide) groups is 1. The summed E-state index contributed by atoms with van der Waals surface area (Å²) in [6, 6.07) is 12.5. The molecule has 7 nitrogen and oxygen atoms in total. The van der Waals surface area contributed by atoms with Gasteiger partial charge in [-0.25, -0.2) is 0 Å². The first-order chi connectivity index (χ1) is 17.7. The molecule has 9 heteroatoms. The molecule has 0 aliphatic carbocycles. The first-order valence-corrected chi connectivity index (χ1v) is 13.9. The Balaban J connectivity index is 1.71. The Bertz CT molecular complexity index is 1320. The Hall–Kier alpha value is -2.93. The van der Waals surface area contributed by atoms with Crippen LogP contribution in [0.1, 0.15) is 43.0 Å². The standard InChI is InChI=1S/C28H33N5O2S2/c1-5-32-25(31-13-11-30(12-14-31)18-21-9-7-6-8-10-21)22(20(4)23(16-29)26(32)34)15-24-27(35)33(17-19(2)3)28(36)37-24/h6-10,15,19H,5,11-14,17-18H2,1-4H3. The van der Waals surface area contributed by atoms with Gasteiger partial charge in [-0.1, -0.05) is 68.2 Å². The quantitative estimate of drug-likeness (QED) is 0.388. The third-order valence-corrected chi connectivity index (χ3v) is 8.16. The van der Waals surface area contributed by atoms with Crippen molar-refractivity contribution in [2.75, 3.05) is 37.6 Å². The van der Waals surface area contributed by atoms with E-state index in [0.717, 1.165) is 44.1 Å².